The van der Waals surface area contributed by atoms with Crippen LogP contribution >= 0.6 is 0 Å². The SMILES string of the molecule is Cc1cccc(NC(=O)c2ccc(=O)n(CCC(=O)NC3CCCCCC3)n2)c1. The maximum atomic E-state index is 12.5. The lowest BCUT2D eigenvalue weighted by molar-refractivity contribution is -0.122. The number of aryl methyl sites for hydroxylation is 2. The van der Waals surface area contributed by atoms with Crippen molar-refractivity contribution in [3.8, 4) is 0 Å². The van der Waals surface area contributed by atoms with Crippen molar-refractivity contribution in [2.24, 2.45) is 0 Å². The number of benzene rings is 1. The average Bonchev–Trinajstić information content (AvgIpc) is 2.96. The van der Waals surface area contributed by atoms with Gasteiger partial charge in [0.25, 0.3) is 11.5 Å². The zero-order valence-corrected chi connectivity index (χ0v) is 16.8. The van der Waals surface area contributed by atoms with E-state index in [1.54, 1.807) is 6.07 Å². The highest BCUT2D eigenvalue weighted by Gasteiger charge is 2.15. The number of aromatic nitrogens is 2. The first-order valence-corrected chi connectivity index (χ1v) is 10.3. The number of hydrogen-bond acceptors (Lipinski definition) is 4. The molecule has 0 spiro atoms. The van der Waals surface area contributed by atoms with Gasteiger partial charge in [-0.3, -0.25) is 14.4 Å². The summed E-state index contributed by atoms with van der Waals surface area (Å²) in [5, 5.41) is 9.97. The molecule has 3 rings (SSSR count). The van der Waals surface area contributed by atoms with E-state index >= 15 is 0 Å². The monoisotopic (exact) mass is 396 g/mol. The van der Waals surface area contributed by atoms with Crippen LogP contribution in [0.2, 0.25) is 0 Å². The van der Waals surface area contributed by atoms with Gasteiger partial charge in [0.1, 0.15) is 5.69 Å². The van der Waals surface area contributed by atoms with E-state index in [0.717, 1.165) is 31.2 Å². The predicted molar refractivity (Wildman–Crippen MR) is 112 cm³/mol. The van der Waals surface area contributed by atoms with E-state index in [2.05, 4.69) is 15.7 Å². The Hall–Kier alpha value is -2.96. The minimum absolute atomic E-state index is 0.0831. The zero-order chi connectivity index (χ0) is 20.6. The van der Waals surface area contributed by atoms with Crippen LogP contribution in [0, 0.1) is 6.92 Å². The molecule has 29 heavy (non-hydrogen) atoms. The van der Waals surface area contributed by atoms with Crippen LogP contribution in [0.15, 0.2) is 41.2 Å². The molecule has 2 aromatic rings. The Morgan fingerprint density at radius 2 is 1.86 bits per heavy atom. The van der Waals surface area contributed by atoms with Crippen molar-refractivity contribution in [2.45, 2.75) is 64.5 Å². The molecule has 0 unspecified atom stereocenters. The number of amides is 2. The van der Waals surface area contributed by atoms with Crippen molar-refractivity contribution >= 4 is 17.5 Å². The van der Waals surface area contributed by atoms with Gasteiger partial charge < -0.3 is 10.6 Å². The molecule has 0 saturated heterocycles. The molecular formula is C22H28N4O3. The maximum absolute atomic E-state index is 12.5. The maximum Gasteiger partial charge on any atom is 0.276 e. The third kappa shape index (κ3) is 6.27. The van der Waals surface area contributed by atoms with Crippen LogP contribution in [0.25, 0.3) is 0 Å². The first-order chi connectivity index (χ1) is 14.0. The second kappa shape index (κ2) is 10.0. The van der Waals surface area contributed by atoms with Gasteiger partial charge in [-0.15, -0.1) is 0 Å². The van der Waals surface area contributed by atoms with Gasteiger partial charge in [0.2, 0.25) is 5.91 Å². The summed E-state index contributed by atoms with van der Waals surface area (Å²) in [5.74, 6) is -0.479. The van der Waals surface area contributed by atoms with Gasteiger partial charge in [-0.25, -0.2) is 4.68 Å². The second-order valence-electron chi connectivity index (χ2n) is 7.61. The molecule has 1 aliphatic carbocycles. The molecule has 2 amide bonds. The summed E-state index contributed by atoms with van der Waals surface area (Å²) in [6.07, 6.45) is 6.92. The number of rotatable bonds is 6. The van der Waals surface area contributed by atoms with Crippen molar-refractivity contribution in [3.63, 3.8) is 0 Å². The van der Waals surface area contributed by atoms with Crippen molar-refractivity contribution in [2.75, 3.05) is 5.32 Å². The quantitative estimate of drug-likeness (QED) is 0.734. The van der Waals surface area contributed by atoms with Gasteiger partial charge in [-0.2, -0.15) is 5.10 Å². The first-order valence-electron chi connectivity index (χ1n) is 10.3. The van der Waals surface area contributed by atoms with E-state index in [1.165, 1.54) is 29.7 Å². The van der Waals surface area contributed by atoms with Crippen LogP contribution in [0.3, 0.4) is 0 Å². The summed E-state index contributed by atoms with van der Waals surface area (Å²) in [4.78, 5) is 36.8. The normalized spacial score (nSPS) is 14.8. The fourth-order valence-corrected chi connectivity index (χ4v) is 3.58. The summed E-state index contributed by atoms with van der Waals surface area (Å²) >= 11 is 0. The summed E-state index contributed by atoms with van der Waals surface area (Å²) < 4.78 is 1.18. The minimum atomic E-state index is -0.396. The van der Waals surface area contributed by atoms with E-state index in [-0.39, 0.29) is 36.2 Å². The fourth-order valence-electron chi connectivity index (χ4n) is 3.58. The largest absolute Gasteiger partial charge is 0.353 e. The first kappa shape index (κ1) is 20.8. The minimum Gasteiger partial charge on any atom is -0.353 e. The summed E-state index contributed by atoms with van der Waals surface area (Å²) in [6.45, 7) is 2.08. The molecule has 1 fully saturated rings. The van der Waals surface area contributed by atoms with E-state index in [4.69, 9.17) is 0 Å². The molecular weight excluding hydrogens is 368 g/mol. The Labute approximate surface area is 170 Å². The Morgan fingerprint density at radius 3 is 2.59 bits per heavy atom. The van der Waals surface area contributed by atoms with Crippen LogP contribution in [-0.4, -0.2) is 27.6 Å². The van der Waals surface area contributed by atoms with Gasteiger partial charge in [0.05, 0.1) is 6.54 Å². The number of carbonyl (C=O) groups is 2. The Balaban J connectivity index is 1.59. The van der Waals surface area contributed by atoms with E-state index in [0.29, 0.717) is 5.69 Å². The lowest BCUT2D eigenvalue weighted by Crippen LogP contribution is -2.36. The van der Waals surface area contributed by atoms with Crippen molar-refractivity contribution in [3.05, 3.63) is 58.0 Å². The Morgan fingerprint density at radius 1 is 1.10 bits per heavy atom. The highest BCUT2D eigenvalue weighted by Crippen LogP contribution is 2.17. The number of hydrogen-bond donors (Lipinski definition) is 2. The summed E-state index contributed by atoms with van der Waals surface area (Å²) in [6, 6.07) is 10.4. The molecule has 1 aromatic carbocycles. The number of nitrogens with zero attached hydrogens (tertiary/aromatic N) is 2. The molecule has 7 heteroatoms. The number of carbonyl (C=O) groups excluding carboxylic acids is 2. The number of anilines is 1. The smallest absolute Gasteiger partial charge is 0.276 e. The summed E-state index contributed by atoms with van der Waals surface area (Å²) in [5.41, 5.74) is 1.49. The van der Waals surface area contributed by atoms with Crippen LogP contribution in [0.1, 0.15) is 61.0 Å². The predicted octanol–water partition coefficient (Wildman–Crippen LogP) is 3.03. The molecule has 0 atom stereocenters. The van der Waals surface area contributed by atoms with E-state index in [9.17, 15) is 14.4 Å². The van der Waals surface area contributed by atoms with Crippen molar-refractivity contribution < 1.29 is 9.59 Å². The van der Waals surface area contributed by atoms with Gasteiger partial charge in [-0.1, -0.05) is 37.8 Å². The third-order valence-corrected chi connectivity index (χ3v) is 5.15. The van der Waals surface area contributed by atoms with Crippen LogP contribution < -0.4 is 16.2 Å². The highest BCUT2D eigenvalue weighted by atomic mass is 16.2. The fraction of sp³-hybridized carbons (Fsp3) is 0.455. The molecule has 1 heterocycles. The summed E-state index contributed by atoms with van der Waals surface area (Å²) in [7, 11) is 0. The highest BCUT2D eigenvalue weighted by molar-refractivity contribution is 6.02. The van der Waals surface area contributed by atoms with E-state index in [1.807, 2.05) is 25.1 Å². The standard InChI is InChI=1S/C22H28N4O3/c1-16-7-6-10-18(15-16)24-22(29)19-11-12-21(28)26(25-19)14-13-20(27)23-17-8-4-2-3-5-9-17/h6-7,10-12,15,17H,2-5,8-9,13-14H2,1H3,(H,23,27)(H,24,29). The molecule has 1 aromatic heterocycles. The molecule has 7 nitrogen and oxygen atoms in total. The number of nitrogens with one attached hydrogen (secondary N) is 2. The Bertz CT molecular complexity index is 914. The van der Waals surface area contributed by atoms with Crippen LogP contribution in [-0.2, 0) is 11.3 Å². The average molecular weight is 396 g/mol. The molecule has 1 aliphatic rings. The molecule has 0 aliphatic heterocycles. The lowest BCUT2D eigenvalue weighted by atomic mass is 10.1. The molecule has 2 N–H and O–H groups in total. The van der Waals surface area contributed by atoms with Gasteiger partial charge in [0.15, 0.2) is 0 Å². The van der Waals surface area contributed by atoms with Crippen molar-refractivity contribution in [1.29, 1.82) is 0 Å². The Kier molecular flexibility index (Phi) is 7.16. The van der Waals surface area contributed by atoms with Gasteiger partial charge in [-0.05, 0) is 43.5 Å². The van der Waals surface area contributed by atoms with E-state index < -0.39 is 5.91 Å². The molecule has 154 valence electrons. The van der Waals surface area contributed by atoms with Crippen LogP contribution in [0.4, 0.5) is 5.69 Å². The van der Waals surface area contributed by atoms with Gasteiger partial charge in [0, 0.05) is 24.2 Å². The molecule has 1 saturated carbocycles. The lowest BCUT2D eigenvalue weighted by Gasteiger charge is -2.16. The van der Waals surface area contributed by atoms with Crippen LogP contribution in [0.5, 0.6) is 0 Å². The zero-order valence-electron chi connectivity index (χ0n) is 16.8. The topological polar surface area (TPSA) is 93.1 Å². The molecule has 0 bridgehead atoms. The van der Waals surface area contributed by atoms with Gasteiger partial charge >= 0.3 is 0 Å². The van der Waals surface area contributed by atoms with Crippen molar-refractivity contribution in [1.82, 2.24) is 15.1 Å². The third-order valence-electron chi connectivity index (χ3n) is 5.15. The molecule has 0 radical (unpaired) electrons. The second-order valence-corrected chi connectivity index (χ2v) is 7.61.